The van der Waals surface area contributed by atoms with Crippen molar-refractivity contribution < 1.29 is 18.9 Å². The molecule has 3 aliphatic rings. The zero-order valence-corrected chi connectivity index (χ0v) is 43.7. The Labute approximate surface area is 434 Å². The van der Waals surface area contributed by atoms with Gasteiger partial charge in [0.1, 0.15) is 0 Å². The highest BCUT2D eigenvalue weighted by Gasteiger charge is 2.47. The van der Waals surface area contributed by atoms with Crippen LogP contribution in [-0.2, 0) is 32.2 Å². The van der Waals surface area contributed by atoms with E-state index < -0.39 is 0 Å². The van der Waals surface area contributed by atoms with Crippen LogP contribution in [-0.4, -0.2) is 37.6 Å². The fourth-order valence-corrected chi connectivity index (χ4v) is 10.5. The summed E-state index contributed by atoms with van der Waals surface area (Å²) in [7, 11) is 0. The van der Waals surface area contributed by atoms with Crippen LogP contribution >= 0.6 is 0 Å². The van der Waals surface area contributed by atoms with Crippen molar-refractivity contribution in [2.45, 2.75) is 111 Å². The molecule has 73 heavy (non-hydrogen) atoms. The molecule has 7 aromatic rings. The number of ether oxygens (including phenoxy) is 4. The van der Waals surface area contributed by atoms with E-state index in [1.807, 2.05) is 0 Å². The Hall–Kier alpha value is -6.54. The number of aryl methyl sites for hydroxylation is 4. The molecule has 1 aliphatic carbocycles. The molecule has 10 rings (SSSR count). The molecule has 2 heterocycles. The van der Waals surface area contributed by atoms with E-state index in [0.29, 0.717) is 49.5 Å². The van der Waals surface area contributed by atoms with E-state index in [9.17, 15) is 0 Å². The van der Waals surface area contributed by atoms with Crippen molar-refractivity contribution in [2.75, 3.05) is 23.0 Å². The van der Waals surface area contributed by atoms with Gasteiger partial charge in [0.2, 0.25) is 0 Å². The Kier molecular flexibility index (Phi) is 15.8. The van der Waals surface area contributed by atoms with Crippen LogP contribution in [0.5, 0.6) is 0 Å². The smallest absolute Gasteiger partial charge is 0.0891 e. The zero-order chi connectivity index (χ0) is 50.3. The van der Waals surface area contributed by atoms with Crippen LogP contribution in [0.15, 0.2) is 158 Å². The largest absolute Gasteiger partial charge is 0.376 e. The molecule has 0 spiro atoms. The second-order valence-electron chi connectivity index (χ2n) is 20.8. The second kappa shape index (κ2) is 23.1. The molecule has 7 aromatic carbocycles. The van der Waals surface area contributed by atoms with Crippen molar-refractivity contribution in [3.05, 3.63) is 213 Å². The van der Waals surface area contributed by atoms with Crippen LogP contribution in [0.3, 0.4) is 0 Å². The first-order valence-corrected chi connectivity index (χ1v) is 26.7. The molecule has 0 aromatic heterocycles. The number of anilines is 6. The predicted octanol–water partition coefficient (Wildman–Crippen LogP) is 17.0. The highest BCUT2D eigenvalue weighted by atomic mass is 16.6. The van der Waals surface area contributed by atoms with E-state index in [1.165, 1.54) is 52.6 Å². The van der Waals surface area contributed by atoms with Gasteiger partial charge >= 0.3 is 0 Å². The van der Waals surface area contributed by atoms with Crippen LogP contribution < -0.4 is 9.80 Å². The number of hydrogen-bond donors (Lipinski definition) is 0. The number of nitrogens with zero attached hydrogens (tertiary/aromatic N) is 2. The van der Waals surface area contributed by atoms with Crippen LogP contribution in [0.4, 0.5) is 34.1 Å². The van der Waals surface area contributed by atoms with Gasteiger partial charge in [-0.3, -0.25) is 0 Å². The van der Waals surface area contributed by atoms with Gasteiger partial charge in [0.25, 0.3) is 0 Å². The first kappa shape index (κ1) is 50.0. The fraction of sp³-hybridized carbons (Fsp3) is 0.313. The molecule has 0 N–H and O–H groups in total. The lowest BCUT2D eigenvalue weighted by Gasteiger charge is -2.26. The van der Waals surface area contributed by atoms with Gasteiger partial charge in [-0.05, 0) is 188 Å². The molecule has 6 unspecified atom stereocenters. The molecule has 1 saturated carbocycles. The Morgan fingerprint density at radius 1 is 0.521 bits per heavy atom. The Morgan fingerprint density at radius 3 is 1.47 bits per heavy atom. The second-order valence-corrected chi connectivity index (χ2v) is 20.8. The van der Waals surface area contributed by atoms with Gasteiger partial charge in [0, 0.05) is 46.0 Å². The summed E-state index contributed by atoms with van der Waals surface area (Å²) in [5.41, 5.74) is 18.8. The maximum Gasteiger partial charge on any atom is 0.0891 e. The van der Waals surface area contributed by atoms with Crippen LogP contribution in [0.25, 0.3) is 24.3 Å². The average Bonchev–Trinajstić information content (AvgIpc) is 4.36. The molecule has 6 atom stereocenters. The molecule has 6 nitrogen and oxygen atoms in total. The molecule has 0 radical (unpaired) electrons. The first-order chi connectivity index (χ1) is 35.6. The van der Waals surface area contributed by atoms with Gasteiger partial charge in [-0.25, -0.2) is 0 Å². The van der Waals surface area contributed by atoms with Gasteiger partial charge in [-0.2, -0.15) is 0 Å². The molecule has 6 heteroatoms. The fourth-order valence-electron chi connectivity index (χ4n) is 10.5. The lowest BCUT2D eigenvalue weighted by molar-refractivity contribution is 0.0720. The molecule has 0 bridgehead atoms. The number of epoxide rings is 2. The third-order valence-corrected chi connectivity index (χ3v) is 15.3. The summed E-state index contributed by atoms with van der Waals surface area (Å²) in [6.07, 6.45) is 16.4. The summed E-state index contributed by atoms with van der Waals surface area (Å²) in [5, 5.41) is 0. The number of fused-ring (bicyclic) bond motifs is 1. The maximum atomic E-state index is 6.24. The van der Waals surface area contributed by atoms with Gasteiger partial charge < -0.3 is 28.7 Å². The SMILES string of the molecule is CCCC(COCc1ccc(N(c2ccc(C=Cc3cccc(C=Cc4ccc(N(c5ccc(COCC6CCCC7OC67)cc5)c5ccc(C)c(C)c5)cc4)c3)cc2)c2ccc(C)c(C)c2)cc1)C1OC1C. The Bertz CT molecular complexity index is 3000. The zero-order valence-electron chi connectivity index (χ0n) is 43.7. The van der Waals surface area contributed by atoms with Crippen molar-refractivity contribution in [3.63, 3.8) is 0 Å². The minimum atomic E-state index is 0.346. The van der Waals surface area contributed by atoms with Crippen LogP contribution in [0, 0.1) is 39.5 Å². The van der Waals surface area contributed by atoms with E-state index in [-0.39, 0.29) is 0 Å². The van der Waals surface area contributed by atoms with Gasteiger partial charge in [0.15, 0.2) is 0 Å². The van der Waals surface area contributed by atoms with Crippen molar-refractivity contribution in [1.29, 1.82) is 0 Å². The summed E-state index contributed by atoms with van der Waals surface area (Å²) in [6, 6.07) is 57.4. The monoisotopic (exact) mass is 969 g/mol. The third kappa shape index (κ3) is 12.6. The molecular weight excluding hydrogens is 897 g/mol. The van der Waals surface area contributed by atoms with E-state index in [4.69, 9.17) is 18.9 Å². The maximum absolute atomic E-state index is 6.24. The quantitative estimate of drug-likeness (QED) is 0.0528. The topological polar surface area (TPSA) is 50.0 Å². The summed E-state index contributed by atoms with van der Waals surface area (Å²) in [4.78, 5) is 4.68. The first-order valence-electron chi connectivity index (χ1n) is 26.7. The number of benzene rings is 7. The van der Waals surface area contributed by atoms with Gasteiger partial charge in [-0.1, -0.05) is 123 Å². The summed E-state index contributed by atoms with van der Waals surface area (Å²) in [6.45, 7) is 15.8. The Balaban J connectivity index is 0.787. The molecule has 2 saturated heterocycles. The van der Waals surface area contributed by atoms with E-state index >= 15 is 0 Å². The number of hydrogen-bond acceptors (Lipinski definition) is 6. The Morgan fingerprint density at radius 2 is 0.986 bits per heavy atom. The molecule has 374 valence electrons. The molecule has 0 amide bonds. The highest BCUT2D eigenvalue weighted by Crippen LogP contribution is 2.42. The average molecular weight is 969 g/mol. The summed E-state index contributed by atoms with van der Waals surface area (Å²) < 4.78 is 24.1. The summed E-state index contributed by atoms with van der Waals surface area (Å²) in [5.74, 6) is 1.00. The van der Waals surface area contributed by atoms with E-state index in [1.54, 1.807) is 0 Å². The minimum Gasteiger partial charge on any atom is -0.376 e. The molecule has 2 aliphatic heterocycles. The molecular formula is C67H72N2O4. The van der Waals surface area contributed by atoms with Crippen molar-refractivity contribution in [2.24, 2.45) is 11.8 Å². The molecule has 3 fully saturated rings. The van der Waals surface area contributed by atoms with Crippen molar-refractivity contribution >= 4 is 58.4 Å². The standard InChI is InChI=1S/C67H72N2O4/c1-7-10-57(66-50(6)72-66)44-70-42-55-25-35-61(36-26-55)68(63-29-15-46(2)48(4)39-63)59-31-21-51(22-32-59)17-19-53-11-8-12-54(41-53)20-18-52-23-33-60(34-24-52)69(64-30-16-47(3)49(5)40-64)62-37-27-56(28-38-62)43-71-45-58-13-9-14-65-67(58)73-65/h8,11-12,15-41,50,57-58,65-67H,7,9-10,13-14,42-45H2,1-6H3. The minimum absolute atomic E-state index is 0.346. The lowest BCUT2D eigenvalue weighted by Crippen LogP contribution is -2.21. The van der Waals surface area contributed by atoms with E-state index in [0.717, 1.165) is 82.4 Å². The predicted molar refractivity (Wildman–Crippen MR) is 304 cm³/mol. The van der Waals surface area contributed by atoms with Gasteiger partial charge in [-0.15, -0.1) is 0 Å². The van der Waals surface area contributed by atoms with Crippen LogP contribution in [0.2, 0.25) is 0 Å². The van der Waals surface area contributed by atoms with Crippen molar-refractivity contribution in [1.82, 2.24) is 0 Å². The van der Waals surface area contributed by atoms with Crippen molar-refractivity contribution in [3.8, 4) is 0 Å². The highest BCUT2D eigenvalue weighted by molar-refractivity contribution is 5.81. The van der Waals surface area contributed by atoms with Gasteiger partial charge in [0.05, 0.1) is 50.8 Å². The number of rotatable bonds is 21. The lowest BCUT2D eigenvalue weighted by atomic mass is 9.90. The normalized spacial score (nSPS) is 19.5. The third-order valence-electron chi connectivity index (χ3n) is 15.3. The van der Waals surface area contributed by atoms with E-state index in [2.05, 4.69) is 233 Å². The van der Waals surface area contributed by atoms with Crippen LogP contribution in [0.1, 0.15) is 102 Å². The summed E-state index contributed by atoms with van der Waals surface area (Å²) >= 11 is 0.